The minimum absolute atomic E-state index is 0.564. The van der Waals surface area contributed by atoms with Crippen LogP contribution in [0.2, 0.25) is 0 Å². The van der Waals surface area contributed by atoms with Gasteiger partial charge in [0.2, 0.25) is 0 Å². The summed E-state index contributed by atoms with van der Waals surface area (Å²) in [6.07, 6.45) is 7.19. The van der Waals surface area contributed by atoms with Gasteiger partial charge in [0, 0.05) is 30.0 Å². The molecule has 0 unspecified atom stereocenters. The zero-order chi connectivity index (χ0) is 10.1. The van der Waals surface area contributed by atoms with E-state index in [1.165, 1.54) is 16.5 Å². The fourth-order valence-corrected chi connectivity index (χ4v) is 1.83. The molecule has 2 heterocycles. The fourth-order valence-electron chi connectivity index (χ4n) is 1.83. The van der Waals surface area contributed by atoms with Crippen molar-refractivity contribution in [1.82, 2.24) is 9.55 Å². The third-order valence-corrected chi connectivity index (χ3v) is 2.90. The molecule has 0 aliphatic rings. The second-order valence-corrected chi connectivity index (χ2v) is 3.87. The molecule has 0 N–H and O–H groups in total. The van der Waals surface area contributed by atoms with Crippen molar-refractivity contribution in [2.75, 3.05) is 0 Å². The van der Waals surface area contributed by atoms with Crippen molar-refractivity contribution in [3.63, 3.8) is 0 Å². The summed E-state index contributed by atoms with van der Waals surface area (Å²) in [4.78, 5) is 4.16. The van der Waals surface area contributed by atoms with E-state index in [0.29, 0.717) is 6.04 Å². The predicted octanol–water partition coefficient (Wildman–Crippen LogP) is 3.32. The lowest BCUT2D eigenvalue weighted by molar-refractivity contribution is 0.547. The van der Waals surface area contributed by atoms with Crippen LogP contribution in [0.25, 0.3) is 10.9 Å². The summed E-state index contributed by atoms with van der Waals surface area (Å²) in [5, 5.41) is 1.27. The van der Waals surface area contributed by atoms with Crippen LogP contribution in [0.3, 0.4) is 0 Å². The van der Waals surface area contributed by atoms with Gasteiger partial charge >= 0.3 is 0 Å². The second-order valence-electron chi connectivity index (χ2n) is 3.87. The molecule has 0 aromatic carbocycles. The Morgan fingerprint density at radius 2 is 2.29 bits per heavy atom. The minimum Gasteiger partial charge on any atom is -0.344 e. The molecular weight excluding hydrogens is 172 g/mol. The van der Waals surface area contributed by atoms with Crippen LogP contribution in [0.5, 0.6) is 0 Å². The molecule has 2 aromatic rings. The highest BCUT2D eigenvalue weighted by atomic mass is 15.0. The maximum Gasteiger partial charge on any atom is 0.0516 e. The molecule has 1 atom stereocenters. The number of rotatable bonds is 2. The van der Waals surface area contributed by atoms with Gasteiger partial charge in [0.05, 0.1) is 5.52 Å². The van der Waals surface area contributed by atoms with E-state index in [4.69, 9.17) is 0 Å². The average molecular weight is 188 g/mol. The van der Waals surface area contributed by atoms with Crippen LogP contribution in [0.4, 0.5) is 0 Å². The summed E-state index contributed by atoms with van der Waals surface area (Å²) in [6.45, 7) is 6.61. The Hall–Kier alpha value is -1.31. The number of aromatic nitrogens is 2. The van der Waals surface area contributed by atoms with Crippen molar-refractivity contribution in [3.8, 4) is 0 Å². The highest BCUT2D eigenvalue weighted by Gasteiger charge is 2.08. The standard InChI is InChI=1S/C12H16N2/c1-4-10(3)14-8-9(2)11-7-13-6-5-12(11)14/h5-8,10H,4H2,1-3H3/t10-/m0/s1. The number of hydrogen-bond donors (Lipinski definition) is 0. The van der Waals surface area contributed by atoms with E-state index in [0.717, 1.165) is 6.42 Å². The van der Waals surface area contributed by atoms with Crippen LogP contribution in [0.15, 0.2) is 24.7 Å². The molecule has 74 valence electrons. The molecule has 0 aliphatic carbocycles. The number of fused-ring (bicyclic) bond motifs is 1. The van der Waals surface area contributed by atoms with Crippen molar-refractivity contribution >= 4 is 10.9 Å². The Morgan fingerprint density at radius 1 is 1.50 bits per heavy atom. The highest BCUT2D eigenvalue weighted by molar-refractivity contribution is 5.82. The van der Waals surface area contributed by atoms with E-state index in [9.17, 15) is 0 Å². The molecule has 0 spiro atoms. The SMILES string of the molecule is CC[C@H](C)n1cc(C)c2cnccc21. The van der Waals surface area contributed by atoms with Crippen LogP contribution in [0, 0.1) is 6.92 Å². The van der Waals surface area contributed by atoms with Gasteiger partial charge in [-0.05, 0) is 31.9 Å². The third-order valence-electron chi connectivity index (χ3n) is 2.90. The molecule has 0 saturated carbocycles. The highest BCUT2D eigenvalue weighted by Crippen LogP contribution is 2.24. The van der Waals surface area contributed by atoms with E-state index >= 15 is 0 Å². The lowest BCUT2D eigenvalue weighted by Gasteiger charge is -2.12. The first-order valence-corrected chi connectivity index (χ1v) is 5.15. The van der Waals surface area contributed by atoms with Gasteiger partial charge in [0.15, 0.2) is 0 Å². The first kappa shape index (κ1) is 9.25. The van der Waals surface area contributed by atoms with Gasteiger partial charge in [-0.25, -0.2) is 0 Å². The molecule has 0 aliphatic heterocycles. The Kier molecular flexibility index (Phi) is 2.28. The molecule has 2 nitrogen and oxygen atoms in total. The van der Waals surface area contributed by atoms with Gasteiger partial charge in [0.25, 0.3) is 0 Å². The van der Waals surface area contributed by atoms with Gasteiger partial charge in [-0.2, -0.15) is 0 Å². The molecule has 2 rings (SSSR count). The van der Waals surface area contributed by atoms with Gasteiger partial charge in [-0.3, -0.25) is 4.98 Å². The van der Waals surface area contributed by atoms with Gasteiger partial charge in [-0.1, -0.05) is 6.92 Å². The van der Waals surface area contributed by atoms with Crippen LogP contribution < -0.4 is 0 Å². The Labute approximate surface area is 84.6 Å². The largest absolute Gasteiger partial charge is 0.344 e. The van der Waals surface area contributed by atoms with Crippen LogP contribution in [-0.2, 0) is 0 Å². The van der Waals surface area contributed by atoms with E-state index in [-0.39, 0.29) is 0 Å². The lowest BCUT2D eigenvalue weighted by Crippen LogP contribution is -2.01. The summed E-state index contributed by atoms with van der Waals surface area (Å²) in [6, 6.07) is 2.66. The Bertz CT molecular complexity index is 443. The maximum absolute atomic E-state index is 4.16. The number of pyridine rings is 1. The molecular formula is C12H16N2. The predicted molar refractivity (Wildman–Crippen MR) is 59.5 cm³/mol. The molecule has 14 heavy (non-hydrogen) atoms. The minimum atomic E-state index is 0.564. The van der Waals surface area contributed by atoms with Crippen LogP contribution >= 0.6 is 0 Å². The van der Waals surface area contributed by atoms with E-state index in [1.54, 1.807) is 0 Å². The monoisotopic (exact) mass is 188 g/mol. The molecule has 2 aromatic heterocycles. The normalized spacial score (nSPS) is 13.4. The topological polar surface area (TPSA) is 17.8 Å². The molecule has 0 radical (unpaired) electrons. The first-order chi connectivity index (χ1) is 6.74. The third kappa shape index (κ3) is 1.31. The van der Waals surface area contributed by atoms with Crippen LogP contribution in [-0.4, -0.2) is 9.55 Å². The van der Waals surface area contributed by atoms with Gasteiger partial charge in [0.1, 0.15) is 0 Å². The summed E-state index contributed by atoms with van der Waals surface area (Å²) in [5.41, 5.74) is 2.61. The quantitative estimate of drug-likeness (QED) is 0.707. The van der Waals surface area contributed by atoms with Crippen LogP contribution in [0.1, 0.15) is 31.9 Å². The molecule has 0 saturated heterocycles. The summed E-state index contributed by atoms with van der Waals surface area (Å²) in [7, 11) is 0. The number of hydrogen-bond acceptors (Lipinski definition) is 1. The van der Waals surface area contributed by atoms with Crippen molar-refractivity contribution in [3.05, 3.63) is 30.2 Å². The van der Waals surface area contributed by atoms with Crippen molar-refractivity contribution in [2.24, 2.45) is 0 Å². The molecule has 0 amide bonds. The van der Waals surface area contributed by atoms with E-state index in [1.807, 2.05) is 12.4 Å². The average Bonchev–Trinajstić information content (AvgIpc) is 2.56. The first-order valence-electron chi connectivity index (χ1n) is 5.15. The summed E-state index contributed by atoms with van der Waals surface area (Å²) in [5.74, 6) is 0. The maximum atomic E-state index is 4.16. The van der Waals surface area contributed by atoms with Gasteiger partial charge in [-0.15, -0.1) is 0 Å². The van der Waals surface area contributed by atoms with Crippen molar-refractivity contribution < 1.29 is 0 Å². The zero-order valence-electron chi connectivity index (χ0n) is 8.99. The molecule has 2 heteroatoms. The van der Waals surface area contributed by atoms with Crippen molar-refractivity contribution in [1.29, 1.82) is 0 Å². The molecule has 0 bridgehead atoms. The zero-order valence-corrected chi connectivity index (χ0v) is 8.99. The Morgan fingerprint density at radius 3 is 3.00 bits per heavy atom. The fraction of sp³-hybridized carbons (Fsp3) is 0.417. The smallest absolute Gasteiger partial charge is 0.0516 e. The second kappa shape index (κ2) is 3.45. The van der Waals surface area contributed by atoms with E-state index < -0.39 is 0 Å². The summed E-state index contributed by atoms with van der Waals surface area (Å²) < 4.78 is 2.34. The number of aryl methyl sites for hydroxylation is 1. The lowest BCUT2D eigenvalue weighted by atomic mass is 10.2. The van der Waals surface area contributed by atoms with Gasteiger partial charge < -0.3 is 4.57 Å². The molecule has 0 fully saturated rings. The van der Waals surface area contributed by atoms with E-state index in [2.05, 4.69) is 42.6 Å². The van der Waals surface area contributed by atoms with Crippen molar-refractivity contribution in [2.45, 2.75) is 33.2 Å². The summed E-state index contributed by atoms with van der Waals surface area (Å²) >= 11 is 0. The number of nitrogens with zero attached hydrogens (tertiary/aromatic N) is 2. The Balaban J connectivity index is 2.66.